The lowest BCUT2D eigenvalue weighted by molar-refractivity contribution is 0.191. The molecule has 9 heteroatoms. The summed E-state index contributed by atoms with van der Waals surface area (Å²) in [5.74, 6) is 2.34. The molecule has 0 spiro atoms. The van der Waals surface area contributed by atoms with E-state index in [0.717, 1.165) is 56.4 Å². The van der Waals surface area contributed by atoms with Crippen LogP contribution in [0, 0.1) is 0 Å². The number of fused-ring (bicyclic) bond motifs is 1. The zero-order valence-corrected chi connectivity index (χ0v) is 16.0. The first kappa shape index (κ1) is 18.0. The van der Waals surface area contributed by atoms with Gasteiger partial charge in [-0.1, -0.05) is 0 Å². The van der Waals surface area contributed by atoms with Crippen molar-refractivity contribution in [3.8, 4) is 0 Å². The van der Waals surface area contributed by atoms with E-state index in [4.69, 9.17) is 5.73 Å². The summed E-state index contributed by atoms with van der Waals surface area (Å²) in [6.07, 6.45) is 3.06. The van der Waals surface area contributed by atoms with Gasteiger partial charge in [0.2, 0.25) is 0 Å². The molecular weight excluding hydrogens is 344 g/mol. The summed E-state index contributed by atoms with van der Waals surface area (Å²) in [6.45, 7) is 3.99. The van der Waals surface area contributed by atoms with Crippen LogP contribution in [0.3, 0.4) is 0 Å². The average molecular weight is 372 g/mol. The van der Waals surface area contributed by atoms with Gasteiger partial charge in [0, 0.05) is 44.4 Å². The Balaban J connectivity index is 1.57. The number of rotatable bonds is 4. The van der Waals surface area contributed by atoms with Crippen LogP contribution in [0.2, 0.25) is 0 Å². The van der Waals surface area contributed by atoms with E-state index in [0.29, 0.717) is 12.4 Å². The van der Waals surface area contributed by atoms with Crippen molar-refractivity contribution >= 4 is 17.5 Å². The molecule has 0 aliphatic carbocycles. The zero-order valence-electron chi connectivity index (χ0n) is 16.0. The van der Waals surface area contributed by atoms with Gasteiger partial charge in [-0.2, -0.15) is 5.10 Å². The van der Waals surface area contributed by atoms with Crippen molar-refractivity contribution in [1.29, 1.82) is 0 Å². The molecule has 27 heavy (non-hydrogen) atoms. The van der Waals surface area contributed by atoms with Gasteiger partial charge in [-0.3, -0.25) is 4.68 Å². The third-order valence-electron chi connectivity index (χ3n) is 5.26. The van der Waals surface area contributed by atoms with Crippen molar-refractivity contribution in [2.24, 2.45) is 0 Å². The second kappa shape index (κ2) is 7.32. The monoisotopic (exact) mass is 372 g/mol. The Morgan fingerprint density at radius 1 is 1.22 bits per heavy atom. The Morgan fingerprint density at radius 3 is 2.85 bits per heavy atom. The lowest BCUT2D eigenvalue weighted by atomic mass is 10.2. The predicted molar refractivity (Wildman–Crippen MR) is 105 cm³/mol. The lowest BCUT2D eigenvalue weighted by Crippen LogP contribution is -2.38. The van der Waals surface area contributed by atoms with Gasteiger partial charge < -0.3 is 25.5 Å². The number of nitrogens with zero attached hydrogens (tertiary/aromatic N) is 7. The lowest BCUT2D eigenvalue weighted by Gasteiger charge is -2.29. The topological polar surface area (TPSA) is 99.6 Å². The molecule has 1 saturated heterocycles. The zero-order chi connectivity index (χ0) is 19.0. The van der Waals surface area contributed by atoms with Gasteiger partial charge in [-0.25, -0.2) is 9.97 Å². The van der Waals surface area contributed by atoms with Crippen molar-refractivity contribution in [2.45, 2.75) is 38.1 Å². The third kappa shape index (κ3) is 3.84. The molecule has 4 heterocycles. The Bertz CT molecular complexity index is 791. The Hall–Kier alpha value is -2.39. The number of hydrogen-bond acceptors (Lipinski definition) is 8. The van der Waals surface area contributed by atoms with Gasteiger partial charge in [0.05, 0.1) is 18.3 Å². The number of hydrogen-bond donors (Lipinski definition) is 2. The number of β-amino-alcohol motifs (C(OH)–C–C–N with tert-alkyl or cyclic N) is 1. The van der Waals surface area contributed by atoms with Crippen LogP contribution in [0.4, 0.5) is 17.5 Å². The fourth-order valence-electron chi connectivity index (χ4n) is 4.11. The van der Waals surface area contributed by atoms with Crippen LogP contribution < -0.4 is 15.5 Å². The third-order valence-corrected chi connectivity index (χ3v) is 5.26. The van der Waals surface area contributed by atoms with Crippen molar-refractivity contribution < 1.29 is 5.11 Å². The average Bonchev–Trinajstić information content (AvgIpc) is 3.09. The number of nitrogen functional groups attached to an aromatic ring is 1. The van der Waals surface area contributed by atoms with Gasteiger partial charge in [0.1, 0.15) is 23.8 Å². The smallest absolute Gasteiger partial charge is 0.145 e. The molecule has 146 valence electrons. The molecule has 2 aromatic rings. The number of aliphatic hydroxyl groups is 1. The van der Waals surface area contributed by atoms with Crippen molar-refractivity contribution in [2.75, 3.05) is 49.3 Å². The molecular formula is C18H28N8O. The van der Waals surface area contributed by atoms with Gasteiger partial charge in [0.25, 0.3) is 0 Å². The Morgan fingerprint density at radius 2 is 2.04 bits per heavy atom. The second-order valence-electron chi connectivity index (χ2n) is 7.75. The number of aryl methyl sites for hydroxylation is 1. The number of nitrogens with two attached hydrogens (primary N) is 1. The fourth-order valence-corrected chi connectivity index (χ4v) is 4.11. The first-order chi connectivity index (χ1) is 13.0. The molecule has 9 nitrogen and oxygen atoms in total. The van der Waals surface area contributed by atoms with Crippen LogP contribution in [-0.4, -0.2) is 75.6 Å². The minimum atomic E-state index is -0.316. The van der Waals surface area contributed by atoms with Crippen LogP contribution in [0.25, 0.3) is 0 Å². The Labute approximate surface area is 159 Å². The number of anilines is 3. The highest BCUT2D eigenvalue weighted by Gasteiger charge is 2.32. The number of likely N-dealkylation sites (N-methyl/N-ethyl adjacent to an activating group) is 1. The maximum Gasteiger partial charge on any atom is 0.145 e. The molecule has 0 unspecified atom stereocenters. The molecule has 0 aromatic carbocycles. The van der Waals surface area contributed by atoms with E-state index in [1.165, 1.54) is 0 Å². The minimum Gasteiger partial charge on any atom is -0.391 e. The maximum atomic E-state index is 10.2. The number of aromatic nitrogens is 4. The van der Waals surface area contributed by atoms with E-state index in [1.54, 1.807) is 6.33 Å². The first-order valence-electron chi connectivity index (χ1n) is 9.48. The molecule has 2 aliphatic rings. The molecule has 1 fully saturated rings. The minimum absolute atomic E-state index is 0.253. The quantitative estimate of drug-likeness (QED) is 0.783. The molecule has 3 N–H and O–H groups in total. The largest absolute Gasteiger partial charge is 0.391 e. The molecule has 4 rings (SSSR count). The predicted octanol–water partition coefficient (Wildman–Crippen LogP) is 0.167. The highest BCUT2D eigenvalue weighted by atomic mass is 16.3. The SMILES string of the molecule is CN(C)C[C@H]1C[C@@H](O)CN1c1cc(N2CCCn3nc(N)cc3C2)ncn1. The van der Waals surface area contributed by atoms with E-state index < -0.39 is 0 Å². The molecule has 2 atom stereocenters. The molecule has 2 aliphatic heterocycles. The van der Waals surface area contributed by atoms with Gasteiger partial charge >= 0.3 is 0 Å². The molecule has 0 bridgehead atoms. The number of aliphatic hydroxyl groups excluding tert-OH is 1. The molecule has 0 amide bonds. The van der Waals surface area contributed by atoms with Crippen LogP contribution in [-0.2, 0) is 13.1 Å². The summed E-state index contributed by atoms with van der Waals surface area (Å²) in [4.78, 5) is 15.6. The second-order valence-corrected chi connectivity index (χ2v) is 7.75. The van der Waals surface area contributed by atoms with E-state index in [-0.39, 0.29) is 12.1 Å². The summed E-state index contributed by atoms with van der Waals surface area (Å²) in [7, 11) is 4.11. The van der Waals surface area contributed by atoms with E-state index in [9.17, 15) is 5.11 Å². The highest BCUT2D eigenvalue weighted by Crippen LogP contribution is 2.28. The molecule has 2 aromatic heterocycles. The summed E-state index contributed by atoms with van der Waals surface area (Å²) in [5.41, 5.74) is 6.96. The van der Waals surface area contributed by atoms with Gasteiger partial charge in [-0.15, -0.1) is 0 Å². The standard InChI is InChI=1S/C18H28N8O/c1-23(2)9-13-6-15(27)11-25(13)18-8-17(20-12-21-18)24-4-3-5-26-14(10-24)7-16(19)22-26/h7-8,12-13,15,27H,3-6,9-11H2,1-2H3,(H2,19,22)/t13-,15-/m1/s1. The van der Waals surface area contributed by atoms with Crippen molar-refractivity contribution in [1.82, 2.24) is 24.6 Å². The van der Waals surface area contributed by atoms with Gasteiger partial charge in [0.15, 0.2) is 0 Å². The maximum absolute atomic E-state index is 10.2. The van der Waals surface area contributed by atoms with Crippen LogP contribution in [0.5, 0.6) is 0 Å². The summed E-state index contributed by atoms with van der Waals surface area (Å²) in [5, 5.41) is 14.5. The summed E-state index contributed by atoms with van der Waals surface area (Å²) < 4.78 is 1.99. The van der Waals surface area contributed by atoms with Crippen LogP contribution >= 0.6 is 0 Å². The summed E-state index contributed by atoms with van der Waals surface area (Å²) in [6, 6.07) is 4.23. The summed E-state index contributed by atoms with van der Waals surface area (Å²) >= 11 is 0. The van der Waals surface area contributed by atoms with E-state index in [1.807, 2.05) is 16.8 Å². The van der Waals surface area contributed by atoms with Crippen LogP contribution in [0.15, 0.2) is 18.5 Å². The van der Waals surface area contributed by atoms with Gasteiger partial charge in [-0.05, 0) is 26.9 Å². The van der Waals surface area contributed by atoms with E-state index in [2.05, 4.69) is 43.9 Å². The van der Waals surface area contributed by atoms with Crippen molar-refractivity contribution in [3.63, 3.8) is 0 Å². The van der Waals surface area contributed by atoms with E-state index >= 15 is 0 Å². The van der Waals surface area contributed by atoms with Crippen molar-refractivity contribution in [3.05, 3.63) is 24.2 Å². The fraction of sp³-hybridized carbons (Fsp3) is 0.611. The first-order valence-corrected chi connectivity index (χ1v) is 9.48. The molecule has 0 radical (unpaired) electrons. The molecule has 0 saturated carbocycles. The normalized spacial score (nSPS) is 23.0. The highest BCUT2D eigenvalue weighted by molar-refractivity contribution is 5.52. The Kier molecular flexibility index (Phi) is 4.88. The van der Waals surface area contributed by atoms with Crippen LogP contribution in [0.1, 0.15) is 18.5 Å².